The van der Waals surface area contributed by atoms with Gasteiger partial charge in [0, 0.05) is 0 Å². The van der Waals surface area contributed by atoms with Crippen LogP contribution in [0, 0.1) is 5.41 Å². The van der Waals surface area contributed by atoms with Gasteiger partial charge in [-0.15, -0.1) is 0 Å². The average Bonchev–Trinajstić information content (AvgIpc) is 2.88. The van der Waals surface area contributed by atoms with Gasteiger partial charge >= 0.3 is 0 Å². The maximum Gasteiger partial charge on any atom is 0.0709 e. The lowest BCUT2D eigenvalue weighted by atomic mass is 9.89. The Labute approximate surface area is 241 Å². The maximum atomic E-state index is 5.40. The zero-order valence-electron chi connectivity index (χ0n) is 27.0. The molecule has 0 saturated carbocycles. The molecular formula is C35H73NO2. The highest BCUT2D eigenvalue weighted by molar-refractivity contribution is 4.61. The molecule has 3 heteroatoms. The van der Waals surface area contributed by atoms with Crippen molar-refractivity contribution in [1.82, 2.24) is 5.64 Å². The lowest BCUT2D eigenvalue weighted by Gasteiger charge is -2.17. The Hall–Kier alpha value is -0.120. The van der Waals surface area contributed by atoms with Crippen LogP contribution < -0.4 is 5.64 Å². The summed E-state index contributed by atoms with van der Waals surface area (Å²) >= 11 is 0. The van der Waals surface area contributed by atoms with Crippen molar-refractivity contribution in [1.29, 1.82) is 0 Å². The molecule has 0 aromatic heterocycles. The molecule has 0 atom stereocenters. The highest BCUT2D eigenvalue weighted by Gasteiger charge is 2.08. The van der Waals surface area contributed by atoms with Crippen LogP contribution in [-0.2, 0) is 9.68 Å². The summed E-state index contributed by atoms with van der Waals surface area (Å²) < 4.78 is 0. The van der Waals surface area contributed by atoms with Gasteiger partial charge in [-0.1, -0.05) is 194 Å². The van der Waals surface area contributed by atoms with E-state index in [4.69, 9.17) is 9.68 Å². The van der Waals surface area contributed by atoms with Gasteiger partial charge in [-0.05, 0) is 24.7 Å². The van der Waals surface area contributed by atoms with Crippen molar-refractivity contribution in [3.05, 3.63) is 0 Å². The van der Waals surface area contributed by atoms with Crippen molar-refractivity contribution in [2.45, 2.75) is 207 Å². The van der Waals surface area contributed by atoms with Gasteiger partial charge < -0.3 is 0 Å². The molecule has 0 saturated heterocycles. The normalized spacial score (nSPS) is 12.0. The second kappa shape index (κ2) is 31.4. The van der Waals surface area contributed by atoms with Crippen molar-refractivity contribution in [3.63, 3.8) is 0 Å². The Balaban J connectivity index is 3.04. The molecule has 0 heterocycles. The molecule has 38 heavy (non-hydrogen) atoms. The zero-order valence-corrected chi connectivity index (χ0v) is 27.0. The van der Waals surface area contributed by atoms with Crippen LogP contribution in [0.15, 0.2) is 0 Å². The molecular weight excluding hydrogens is 466 g/mol. The summed E-state index contributed by atoms with van der Waals surface area (Å²) in [5.41, 5.74) is 3.20. The quantitative estimate of drug-likeness (QED) is 0.0681. The second-order valence-corrected chi connectivity index (χ2v) is 13.3. The van der Waals surface area contributed by atoms with E-state index < -0.39 is 0 Å². The van der Waals surface area contributed by atoms with E-state index in [0.29, 0.717) is 5.41 Å². The molecule has 0 radical (unpaired) electrons. The Bertz CT molecular complexity index is 421. The van der Waals surface area contributed by atoms with Crippen LogP contribution in [-0.4, -0.2) is 13.2 Å². The lowest BCUT2D eigenvalue weighted by Crippen LogP contribution is -2.16. The van der Waals surface area contributed by atoms with Crippen molar-refractivity contribution < 1.29 is 9.68 Å². The van der Waals surface area contributed by atoms with E-state index in [1.807, 2.05) is 0 Å². The number of hydrogen-bond donors (Lipinski definition) is 1. The first-order valence-corrected chi connectivity index (χ1v) is 17.5. The molecule has 0 spiro atoms. The van der Waals surface area contributed by atoms with Gasteiger partial charge in [-0.3, -0.25) is 9.68 Å². The van der Waals surface area contributed by atoms with Crippen LogP contribution in [0.1, 0.15) is 207 Å². The molecule has 0 aliphatic carbocycles. The first kappa shape index (κ1) is 37.9. The first-order chi connectivity index (χ1) is 18.6. The molecule has 0 fully saturated rings. The third-order valence-corrected chi connectivity index (χ3v) is 7.89. The Kier molecular flexibility index (Phi) is 31.3. The highest BCUT2D eigenvalue weighted by atomic mass is 16.9. The van der Waals surface area contributed by atoms with Gasteiger partial charge in [0.15, 0.2) is 0 Å². The summed E-state index contributed by atoms with van der Waals surface area (Å²) in [4.78, 5) is 10.8. The smallest absolute Gasteiger partial charge is 0.0709 e. The molecule has 0 aromatic rings. The number of unbranched alkanes of at least 4 members (excludes halogenated alkanes) is 25. The molecule has 0 bridgehead atoms. The molecule has 0 aromatic carbocycles. The van der Waals surface area contributed by atoms with Crippen molar-refractivity contribution >= 4 is 0 Å². The summed E-state index contributed by atoms with van der Waals surface area (Å²) in [5, 5.41) is 0. The molecule has 0 amide bonds. The second-order valence-electron chi connectivity index (χ2n) is 13.3. The fraction of sp³-hybridized carbons (Fsp3) is 1.00. The average molecular weight is 540 g/mol. The van der Waals surface area contributed by atoms with Crippen LogP contribution in [0.5, 0.6) is 0 Å². The van der Waals surface area contributed by atoms with Gasteiger partial charge in [0.05, 0.1) is 13.2 Å². The predicted octanol–water partition coefficient (Wildman–Crippen LogP) is 12.4. The minimum Gasteiger partial charge on any atom is -0.277 e. The van der Waals surface area contributed by atoms with Gasteiger partial charge in [0.2, 0.25) is 0 Å². The Morgan fingerprint density at radius 3 is 0.921 bits per heavy atom. The lowest BCUT2D eigenvalue weighted by molar-refractivity contribution is -0.171. The van der Waals surface area contributed by atoms with Crippen LogP contribution in [0.2, 0.25) is 0 Å². The summed E-state index contributed by atoms with van der Waals surface area (Å²) in [6.07, 6.45) is 38.9. The molecule has 1 N–H and O–H groups in total. The van der Waals surface area contributed by atoms with Gasteiger partial charge in [-0.25, -0.2) is 0 Å². The van der Waals surface area contributed by atoms with Crippen LogP contribution >= 0.6 is 0 Å². The monoisotopic (exact) mass is 540 g/mol. The largest absolute Gasteiger partial charge is 0.277 e. The van der Waals surface area contributed by atoms with Crippen molar-refractivity contribution in [2.75, 3.05) is 13.2 Å². The molecule has 0 rings (SSSR count). The van der Waals surface area contributed by atoms with E-state index in [1.54, 1.807) is 0 Å². The van der Waals surface area contributed by atoms with Crippen LogP contribution in [0.25, 0.3) is 0 Å². The molecule has 0 unspecified atom stereocenters. The standard InChI is InChI=1S/C35H73NO2/c1-5-6-7-8-9-10-11-12-15-18-21-24-27-30-33-37-36-38-34-31-28-25-22-19-16-13-14-17-20-23-26-29-32-35(2,3)4/h36H,5-34H2,1-4H3. The fourth-order valence-electron chi connectivity index (χ4n) is 5.27. The molecule has 3 nitrogen and oxygen atoms in total. The van der Waals surface area contributed by atoms with E-state index in [2.05, 4.69) is 33.3 Å². The van der Waals surface area contributed by atoms with Gasteiger partial charge in [-0.2, -0.15) is 0 Å². The number of nitrogens with one attached hydrogen (secondary N) is 1. The maximum absolute atomic E-state index is 5.40. The minimum atomic E-state index is 0.517. The van der Waals surface area contributed by atoms with Gasteiger partial charge in [0.25, 0.3) is 0 Å². The van der Waals surface area contributed by atoms with E-state index in [9.17, 15) is 0 Å². The van der Waals surface area contributed by atoms with Crippen LogP contribution in [0.4, 0.5) is 0 Å². The topological polar surface area (TPSA) is 30.5 Å². The minimum absolute atomic E-state index is 0.517. The summed E-state index contributed by atoms with van der Waals surface area (Å²) in [5.74, 6) is 0. The highest BCUT2D eigenvalue weighted by Crippen LogP contribution is 2.22. The number of rotatable bonds is 32. The van der Waals surface area contributed by atoms with Crippen LogP contribution in [0.3, 0.4) is 0 Å². The third-order valence-electron chi connectivity index (χ3n) is 7.89. The van der Waals surface area contributed by atoms with E-state index in [-0.39, 0.29) is 0 Å². The number of hydrogen-bond acceptors (Lipinski definition) is 3. The zero-order chi connectivity index (χ0) is 27.8. The molecule has 0 aliphatic rings. The SMILES string of the molecule is CCCCCCCCCCCCCCCCONOCCCCCCCCCCCCCCCC(C)(C)C. The molecule has 0 aliphatic heterocycles. The van der Waals surface area contributed by atoms with E-state index in [1.165, 1.54) is 167 Å². The van der Waals surface area contributed by atoms with E-state index in [0.717, 1.165) is 26.1 Å². The van der Waals surface area contributed by atoms with E-state index >= 15 is 0 Å². The van der Waals surface area contributed by atoms with Crippen molar-refractivity contribution in [2.24, 2.45) is 5.41 Å². The molecule has 230 valence electrons. The third kappa shape index (κ3) is 35.9. The summed E-state index contributed by atoms with van der Waals surface area (Å²) in [7, 11) is 0. The first-order valence-electron chi connectivity index (χ1n) is 17.5. The summed E-state index contributed by atoms with van der Waals surface area (Å²) in [6.45, 7) is 10.9. The van der Waals surface area contributed by atoms with Gasteiger partial charge in [0.1, 0.15) is 0 Å². The predicted molar refractivity (Wildman–Crippen MR) is 169 cm³/mol. The fourth-order valence-corrected chi connectivity index (χ4v) is 5.27. The summed E-state index contributed by atoms with van der Waals surface area (Å²) in [6, 6.07) is 0. The Morgan fingerprint density at radius 1 is 0.368 bits per heavy atom. The van der Waals surface area contributed by atoms with Crippen molar-refractivity contribution in [3.8, 4) is 0 Å². The Morgan fingerprint density at radius 2 is 0.632 bits per heavy atom.